The standard InChI is InChI=1S/C17H31NO2/c18-12-14-6-2-3-7-16(14)19-13-15-8-11-17(20-15)9-4-1-5-10-17/h14-16H,1-13,18H2. The number of rotatable bonds is 4. The molecule has 1 aliphatic heterocycles. The average molecular weight is 281 g/mol. The van der Waals surface area contributed by atoms with Crippen LogP contribution in [-0.2, 0) is 9.47 Å². The fourth-order valence-electron chi connectivity index (χ4n) is 4.47. The van der Waals surface area contributed by atoms with Crippen molar-refractivity contribution in [3.63, 3.8) is 0 Å². The molecule has 20 heavy (non-hydrogen) atoms. The fourth-order valence-corrected chi connectivity index (χ4v) is 4.47. The van der Waals surface area contributed by atoms with Crippen molar-refractivity contribution in [1.29, 1.82) is 0 Å². The summed E-state index contributed by atoms with van der Waals surface area (Å²) in [6.07, 6.45) is 14.9. The van der Waals surface area contributed by atoms with E-state index in [-0.39, 0.29) is 5.60 Å². The number of nitrogens with two attached hydrogens (primary N) is 1. The van der Waals surface area contributed by atoms with Crippen LogP contribution in [-0.4, -0.2) is 31.0 Å². The van der Waals surface area contributed by atoms with Gasteiger partial charge in [0.05, 0.1) is 24.4 Å². The molecule has 0 aromatic carbocycles. The molecule has 2 saturated carbocycles. The Bertz CT molecular complexity index is 301. The largest absolute Gasteiger partial charge is 0.375 e. The van der Waals surface area contributed by atoms with Gasteiger partial charge in [-0.2, -0.15) is 0 Å². The van der Waals surface area contributed by atoms with Gasteiger partial charge >= 0.3 is 0 Å². The minimum atomic E-state index is 0.228. The van der Waals surface area contributed by atoms with Crippen molar-refractivity contribution in [3.05, 3.63) is 0 Å². The number of hydrogen-bond acceptors (Lipinski definition) is 3. The molecule has 0 radical (unpaired) electrons. The Hall–Kier alpha value is -0.120. The smallest absolute Gasteiger partial charge is 0.0817 e. The van der Waals surface area contributed by atoms with Crippen LogP contribution in [0.5, 0.6) is 0 Å². The first kappa shape index (κ1) is 14.8. The fraction of sp³-hybridized carbons (Fsp3) is 1.00. The Morgan fingerprint density at radius 3 is 2.55 bits per heavy atom. The monoisotopic (exact) mass is 281 g/mol. The lowest BCUT2D eigenvalue weighted by molar-refractivity contribution is -0.109. The lowest BCUT2D eigenvalue weighted by Crippen LogP contribution is -2.36. The summed E-state index contributed by atoms with van der Waals surface area (Å²) in [6, 6.07) is 0. The molecule has 1 spiro atoms. The van der Waals surface area contributed by atoms with Crippen molar-refractivity contribution in [1.82, 2.24) is 0 Å². The van der Waals surface area contributed by atoms with Crippen LogP contribution in [0.1, 0.15) is 70.6 Å². The molecule has 116 valence electrons. The summed E-state index contributed by atoms with van der Waals surface area (Å²) < 4.78 is 12.6. The van der Waals surface area contributed by atoms with Crippen molar-refractivity contribution in [3.8, 4) is 0 Å². The maximum absolute atomic E-state index is 6.39. The number of ether oxygens (including phenoxy) is 2. The quantitative estimate of drug-likeness (QED) is 0.859. The molecule has 3 heteroatoms. The molecule has 0 amide bonds. The summed E-state index contributed by atoms with van der Waals surface area (Å²) in [5, 5.41) is 0. The molecule has 1 heterocycles. The molecule has 3 aliphatic rings. The van der Waals surface area contributed by atoms with Gasteiger partial charge < -0.3 is 15.2 Å². The zero-order valence-electron chi connectivity index (χ0n) is 12.8. The third-order valence-corrected chi connectivity index (χ3v) is 5.74. The first-order valence-electron chi connectivity index (χ1n) is 8.81. The summed E-state index contributed by atoms with van der Waals surface area (Å²) in [5.74, 6) is 0.578. The van der Waals surface area contributed by atoms with Crippen LogP contribution >= 0.6 is 0 Å². The van der Waals surface area contributed by atoms with Crippen molar-refractivity contribution >= 4 is 0 Å². The molecule has 1 saturated heterocycles. The third kappa shape index (κ3) is 3.37. The van der Waals surface area contributed by atoms with E-state index in [9.17, 15) is 0 Å². The molecule has 0 aromatic rings. The van der Waals surface area contributed by atoms with E-state index in [2.05, 4.69) is 0 Å². The van der Waals surface area contributed by atoms with Crippen LogP contribution in [0, 0.1) is 5.92 Å². The van der Waals surface area contributed by atoms with E-state index in [1.807, 2.05) is 0 Å². The van der Waals surface area contributed by atoms with Crippen molar-refractivity contribution in [2.24, 2.45) is 11.7 Å². The van der Waals surface area contributed by atoms with E-state index in [4.69, 9.17) is 15.2 Å². The minimum Gasteiger partial charge on any atom is -0.375 e. The van der Waals surface area contributed by atoms with Gasteiger partial charge in [-0.25, -0.2) is 0 Å². The highest BCUT2D eigenvalue weighted by atomic mass is 16.6. The van der Waals surface area contributed by atoms with Gasteiger partial charge in [0.2, 0.25) is 0 Å². The lowest BCUT2D eigenvalue weighted by atomic mass is 9.83. The summed E-state index contributed by atoms with van der Waals surface area (Å²) in [6.45, 7) is 1.57. The van der Waals surface area contributed by atoms with Gasteiger partial charge in [-0.3, -0.25) is 0 Å². The SMILES string of the molecule is NCC1CCCCC1OCC1CCC2(CCCCC2)O1. The van der Waals surface area contributed by atoms with Crippen molar-refractivity contribution in [2.45, 2.75) is 88.4 Å². The molecule has 2 aliphatic carbocycles. The maximum atomic E-state index is 6.39. The lowest BCUT2D eigenvalue weighted by Gasteiger charge is -2.34. The average Bonchev–Trinajstić information content (AvgIpc) is 2.89. The Morgan fingerprint density at radius 1 is 0.950 bits per heavy atom. The predicted octanol–water partition coefficient (Wildman–Crippen LogP) is 3.40. The van der Waals surface area contributed by atoms with E-state index < -0.39 is 0 Å². The minimum absolute atomic E-state index is 0.228. The second kappa shape index (κ2) is 6.76. The molecule has 3 unspecified atom stereocenters. The third-order valence-electron chi connectivity index (χ3n) is 5.74. The Labute approximate surface area is 123 Å². The molecule has 3 atom stereocenters. The van der Waals surface area contributed by atoms with Crippen LogP contribution in [0.3, 0.4) is 0 Å². The second-order valence-electron chi connectivity index (χ2n) is 7.17. The molecule has 3 fully saturated rings. The van der Waals surface area contributed by atoms with E-state index in [0.29, 0.717) is 18.1 Å². The molecular formula is C17H31NO2. The Morgan fingerprint density at radius 2 is 1.75 bits per heavy atom. The van der Waals surface area contributed by atoms with E-state index in [1.165, 1.54) is 70.6 Å². The molecule has 2 N–H and O–H groups in total. The van der Waals surface area contributed by atoms with E-state index >= 15 is 0 Å². The van der Waals surface area contributed by atoms with Gasteiger partial charge in [0.1, 0.15) is 0 Å². The van der Waals surface area contributed by atoms with Crippen molar-refractivity contribution < 1.29 is 9.47 Å². The van der Waals surface area contributed by atoms with Crippen LogP contribution < -0.4 is 5.73 Å². The molecule has 3 nitrogen and oxygen atoms in total. The zero-order valence-corrected chi connectivity index (χ0v) is 12.8. The van der Waals surface area contributed by atoms with E-state index in [1.54, 1.807) is 0 Å². The van der Waals surface area contributed by atoms with Gasteiger partial charge in [0, 0.05) is 0 Å². The highest BCUT2D eigenvalue weighted by Crippen LogP contribution is 2.42. The van der Waals surface area contributed by atoms with Crippen LogP contribution in [0.25, 0.3) is 0 Å². The van der Waals surface area contributed by atoms with E-state index in [0.717, 1.165) is 13.2 Å². The summed E-state index contributed by atoms with van der Waals surface area (Å²) >= 11 is 0. The van der Waals surface area contributed by atoms with Gasteiger partial charge in [0.25, 0.3) is 0 Å². The highest BCUT2D eigenvalue weighted by molar-refractivity contribution is 4.91. The molecule has 0 bridgehead atoms. The topological polar surface area (TPSA) is 44.5 Å². The zero-order chi connectivity index (χ0) is 13.8. The normalized spacial score (nSPS) is 37.4. The highest BCUT2D eigenvalue weighted by Gasteiger charge is 2.41. The molecule has 3 rings (SSSR count). The second-order valence-corrected chi connectivity index (χ2v) is 7.17. The van der Waals surface area contributed by atoms with Crippen LogP contribution in [0.2, 0.25) is 0 Å². The first-order chi connectivity index (χ1) is 9.81. The van der Waals surface area contributed by atoms with Gasteiger partial charge in [-0.15, -0.1) is 0 Å². The maximum Gasteiger partial charge on any atom is 0.0817 e. The van der Waals surface area contributed by atoms with Crippen LogP contribution in [0.15, 0.2) is 0 Å². The Balaban J connectivity index is 1.44. The van der Waals surface area contributed by atoms with Crippen LogP contribution in [0.4, 0.5) is 0 Å². The first-order valence-corrected chi connectivity index (χ1v) is 8.81. The summed E-state index contributed by atoms with van der Waals surface area (Å²) in [4.78, 5) is 0. The van der Waals surface area contributed by atoms with Gasteiger partial charge in [0.15, 0.2) is 0 Å². The van der Waals surface area contributed by atoms with Gasteiger partial charge in [-0.05, 0) is 51.0 Å². The molecule has 0 aromatic heterocycles. The summed E-state index contributed by atoms with van der Waals surface area (Å²) in [7, 11) is 0. The predicted molar refractivity (Wildman–Crippen MR) is 80.7 cm³/mol. The summed E-state index contributed by atoms with van der Waals surface area (Å²) in [5.41, 5.74) is 6.11. The number of hydrogen-bond donors (Lipinski definition) is 1. The molecular weight excluding hydrogens is 250 g/mol. The van der Waals surface area contributed by atoms with Gasteiger partial charge in [-0.1, -0.05) is 32.1 Å². The Kier molecular flexibility index (Phi) is 5.00. The van der Waals surface area contributed by atoms with Crippen molar-refractivity contribution in [2.75, 3.05) is 13.2 Å².